The van der Waals surface area contributed by atoms with Gasteiger partial charge >= 0.3 is 0 Å². The summed E-state index contributed by atoms with van der Waals surface area (Å²) in [6, 6.07) is 0. The molecule has 0 aliphatic carbocycles. The van der Waals surface area contributed by atoms with Crippen LogP contribution in [0.2, 0.25) is 0 Å². The molecule has 0 radical (unpaired) electrons. The Hall–Kier alpha value is -0.260. The Morgan fingerprint density at radius 1 is 1.00 bits per heavy atom. The Morgan fingerprint density at radius 2 is 1.67 bits per heavy atom. The highest BCUT2D eigenvalue weighted by Gasteiger charge is 2.02. The Kier molecular flexibility index (Phi) is 8.85. The van der Waals surface area contributed by atoms with Crippen molar-refractivity contribution in [1.82, 2.24) is 0 Å². The second kappa shape index (κ2) is 9.00. The maximum absolute atomic E-state index is 2.39. The predicted molar refractivity (Wildman–Crippen MR) is 71.1 cm³/mol. The van der Waals surface area contributed by atoms with Gasteiger partial charge in [-0.15, -0.1) is 0 Å². The Morgan fingerprint density at radius 3 is 2.20 bits per heavy atom. The molecule has 0 N–H and O–H groups in total. The fraction of sp³-hybridized carbons (Fsp3) is 0.867. The zero-order chi connectivity index (χ0) is 11.7. The Labute approximate surface area is 97.2 Å². The lowest BCUT2D eigenvalue weighted by atomic mass is 9.95. The Balaban J connectivity index is 3.56. The summed E-state index contributed by atoms with van der Waals surface area (Å²) in [5.74, 6) is 2.37. The normalized spacial score (nSPS) is 16.1. The molecule has 0 aliphatic rings. The minimum absolute atomic E-state index is 0.729. The van der Waals surface area contributed by atoms with E-state index in [2.05, 4.69) is 46.8 Å². The van der Waals surface area contributed by atoms with Gasteiger partial charge in [0.2, 0.25) is 0 Å². The molecule has 0 fully saturated rings. The summed E-state index contributed by atoms with van der Waals surface area (Å²) in [6.45, 7) is 11.5. The average Bonchev–Trinajstić information content (AvgIpc) is 2.18. The topological polar surface area (TPSA) is 0 Å². The van der Waals surface area contributed by atoms with Crippen LogP contribution in [0.25, 0.3) is 0 Å². The quantitative estimate of drug-likeness (QED) is 0.369. The molecular formula is C15H30. The predicted octanol–water partition coefficient (Wildman–Crippen LogP) is 5.44. The molecule has 0 rings (SSSR count). The summed E-state index contributed by atoms with van der Waals surface area (Å²) in [6.07, 6.45) is 11.6. The van der Waals surface area contributed by atoms with Gasteiger partial charge in [-0.05, 0) is 24.2 Å². The fourth-order valence-electron chi connectivity index (χ4n) is 1.61. The van der Waals surface area contributed by atoms with E-state index in [1.165, 1.54) is 32.1 Å². The highest BCUT2D eigenvalue weighted by atomic mass is 14.1. The van der Waals surface area contributed by atoms with Gasteiger partial charge in [-0.2, -0.15) is 0 Å². The minimum Gasteiger partial charge on any atom is -0.0880 e. The van der Waals surface area contributed by atoms with Crippen molar-refractivity contribution in [1.29, 1.82) is 0 Å². The summed E-state index contributed by atoms with van der Waals surface area (Å²) in [5, 5.41) is 0. The number of unbranched alkanes of at least 4 members (excludes halogenated alkanes) is 2. The van der Waals surface area contributed by atoms with Crippen molar-refractivity contribution in [3.8, 4) is 0 Å². The van der Waals surface area contributed by atoms with Crippen molar-refractivity contribution in [3.63, 3.8) is 0 Å². The summed E-state index contributed by atoms with van der Waals surface area (Å²) < 4.78 is 0. The van der Waals surface area contributed by atoms with E-state index in [1.54, 1.807) is 0 Å². The molecule has 0 aliphatic heterocycles. The molecule has 0 saturated heterocycles. The monoisotopic (exact) mass is 210 g/mol. The van der Waals surface area contributed by atoms with Gasteiger partial charge in [0.25, 0.3) is 0 Å². The first kappa shape index (κ1) is 14.7. The molecule has 0 saturated carbocycles. The largest absolute Gasteiger partial charge is 0.0880 e. The number of hydrogen-bond donors (Lipinski definition) is 0. The molecule has 2 unspecified atom stereocenters. The number of rotatable bonds is 8. The van der Waals surface area contributed by atoms with Crippen LogP contribution in [0.1, 0.15) is 66.7 Å². The summed E-state index contributed by atoms with van der Waals surface area (Å²) in [5.41, 5.74) is 0. The summed E-state index contributed by atoms with van der Waals surface area (Å²) in [7, 11) is 0. The maximum atomic E-state index is 2.39. The molecule has 0 aromatic carbocycles. The zero-order valence-electron chi connectivity index (χ0n) is 11.4. The highest BCUT2D eigenvalue weighted by molar-refractivity contribution is 4.88. The smallest absolute Gasteiger partial charge is 0.0239 e. The van der Waals surface area contributed by atoms with Crippen LogP contribution in [-0.2, 0) is 0 Å². The van der Waals surface area contributed by atoms with Gasteiger partial charge in [-0.1, -0.05) is 72.5 Å². The molecule has 0 aromatic rings. The molecule has 0 bridgehead atoms. The van der Waals surface area contributed by atoms with E-state index in [4.69, 9.17) is 0 Å². The lowest BCUT2D eigenvalue weighted by Gasteiger charge is -2.11. The first-order chi connectivity index (χ1) is 7.07. The van der Waals surface area contributed by atoms with E-state index < -0.39 is 0 Å². The second-order valence-electron chi connectivity index (χ2n) is 5.37. The third-order valence-corrected chi connectivity index (χ3v) is 3.33. The van der Waals surface area contributed by atoms with E-state index in [1.807, 2.05) is 0 Å². The molecule has 0 aromatic heterocycles. The van der Waals surface area contributed by atoms with Crippen molar-refractivity contribution in [2.24, 2.45) is 17.8 Å². The minimum atomic E-state index is 0.729. The molecule has 0 amide bonds. The van der Waals surface area contributed by atoms with Crippen LogP contribution in [0.3, 0.4) is 0 Å². The summed E-state index contributed by atoms with van der Waals surface area (Å²) >= 11 is 0. The third-order valence-electron chi connectivity index (χ3n) is 3.33. The van der Waals surface area contributed by atoms with Crippen LogP contribution in [0.5, 0.6) is 0 Å². The van der Waals surface area contributed by atoms with E-state index in [-0.39, 0.29) is 0 Å². The lowest BCUT2D eigenvalue weighted by molar-refractivity contribution is 0.486. The molecule has 2 atom stereocenters. The van der Waals surface area contributed by atoms with Crippen molar-refractivity contribution in [2.45, 2.75) is 66.7 Å². The molecule has 0 nitrogen and oxygen atoms in total. The van der Waals surface area contributed by atoms with Crippen LogP contribution in [0, 0.1) is 17.8 Å². The lowest BCUT2D eigenvalue weighted by Crippen LogP contribution is -2.00. The molecule has 0 heteroatoms. The third kappa shape index (κ3) is 8.72. The van der Waals surface area contributed by atoms with Gasteiger partial charge < -0.3 is 0 Å². The molecular weight excluding hydrogens is 180 g/mol. The van der Waals surface area contributed by atoms with E-state index in [9.17, 15) is 0 Å². The van der Waals surface area contributed by atoms with E-state index >= 15 is 0 Å². The fourth-order valence-corrected chi connectivity index (χ4v) is 1.61. The van der Waals surface area contributed by atoms with Gasteiger partial charge in [-0.3, -0.25) is 0 Å². The van der Waals surface area contributed by atoms with Crippen LogP contribution >= 0.6 is 0 Å². The van der Waals surface area contributed by atoms with Crippen LogP contribution in [0.15, 0.2) is 12.2 Å². The standard InChI is InChI=1S/C15H30/c1-6-7-8-10-14(4)11-9-12-15(5)13(2)3/h9,12-15H,6-8,10-11H2,1-5H3. The molecule has 15 heavy (non-hydrogen) atoms. The molecule has 90 valence electrons. The number of allylic oxidation sites excluding steroid dienone is 2. The van der Waals surface area contributed by atoms with Gasteiger partial charge in [0.15, 0.2) is 0 Å². The first-order valence-electron chi connectivity index (χ1n) is 6.74. The average molecular weight is 210 g/mol. The maximum Gasteiger partial charge on any atom is -0.0239 e. The van der Waals surface area contributed by atoms with Crippen molar-refractivity contribution >= 4 is 0 Å². The van der Waals surface area contributed by atoms with E-state index in [0.29, 0.717) is 0 Å². The van der Waals surface area contributed by atoms with Crippen molar-refractivity contribution in [3.05, 3.63) is 12.2 Å². The van der Waals surface area contributed by atoms with Crippen LogP contribution in [-0.4, -0.2) is 0 Å². The Bertz CT molecular complexity index is 155. The highest BCUT2D eigenvalue weighted by Crippen LogP contribution is 2.16. The zero-order valence-corrected chi connectivity index (χ0v) is 11.4. The van der Waals surface area contributed by atoms with Gasteiger partial charge in [0, 0.05) is 0 Å². The molecule has 0 spiro atoms. The number of hydrogen-bond acceptors (Lipinski definition) is 0. The second-order valence-corrected chi connectivity index (χ2v) is 5.37. The van der Waals surface area contributed by atoms with E-state index in [0.717, 1.165) is 17.8 Å². The first-order valence-corrected chi connectivity index (χ1v) is 6.74. The van der Waals surface area contributed by atoms with Gasteiger partial charge in [-0.25, -0.2) is 0 Å². The van der Waals surface area contributed by atoms with Crippen LogP contribution in [0.4, 0.5) is 0 Å². The SMILES string of the molecule is CCCCCC(C)CC=CC(C)C(C)C. The van der Waals surface area contributed by atoms with Crippen molar-refractivity contribution in [2.75, 3.05) is 0 Å². The summed E-state index contributed by atoms with van der Waals surface area (Å²) in [4.78, 5) is 0. The van der Waals surface area contributed by atoms with Gasteiger partial charge in [0.05, 0.1) is 0 Å². The van der Waals surface area contributed by atoms with Gasteiger partial charge in [0.1, 0.15) is 0 Å². The van der Waals surface area contributed by atoms with Crippen LogP contribution < -0.4 is 0 Å². The molecule has 0 heterocycles. The van der Waals surface area contributed by atoms with Crippen molar-refractivity contribution < 1.29 is 0 Å².